The number of aryl methyl sites for hydroxylation is 1. The van der Waals surface area contributed by atoms with Gasteiger partial charge in [0, 0.05) is 20.6 Å². The first-order valence-electron chi connectivity index (χ1n) is 5.93. The van der Waals surface area contributed by atoms with E-state index < -0.39 is 0 Å². The largest absolute Gasteiger partial charge is 0.324 e. The summed E-state index contributed by atoms with van der Waals surface area (Å²) in [6.07, 6.45) is 0.662. The van der Waals surface area contributed by atoms with Crippen LogP contribution in [0.3, 0.4) is 0 Å². The molecule has 0 saturated heterocycles. The van der Waals surface area contributed by atoms with Crippen LogP contribution in [0.15, 0.2) is 40.9 Å². The van der Waals surface area contributed by atoms with E-state index in [1.54, 1.807) is 0 Å². The van der Waals surface area contributed by atoms with Gasteiger partial charge in [0.2, 0.25) is 0 Å². The topological polar surface area (TPSA) is 26.0 Å². The molecule has 2 rings (SSSR count). The molecular formula is C15H14BrCl2N. The molecule has 0 bridgehead atoms. The SMILES string of the molecule is Cc1ccc(CC(N)c2cc(Br)ccc2Cl)c(Cl)c1. The number of hydrogen-bond acceptors (Lipinski definition) is 1. The van der Waals surface area contributed by atoms with Crippen LogP contribution >= 0.6 is 39.1 Å². The maximum Gasteiger partial charge on any atom is 0.0454 e. The summed E-state index contributed by atoms with van der Waals surface area (Å²) in [7, 11) is 0. The fourth-order valence-corrected chi connectivity index (χ4v) is 2.91. The van der Waals surface area contributed by atoms with E-state index >= 15 is 0 Å². The van der Waals surface area contributed by atoms with Crippen LogP contribution in [0, 0.1) is 6.92 Å². The summed E-state index contributed by atoms with van der Waals surface area (Å²) in [6, 6.07) is 11.5. The zero-order valence-electron chi connectivity index (χ0n) is 10.5. The first-order valence-corrected chi connectivity index (χ1v) is 7.48. The Labute approximate surface area is 131 Å². The third-order valence-corrected chi connectivity index (χ3v) is 4.20. The molecule has 1 nitrogen and oxygen atoms in total. The second kappa shape index (κ2) is 6.27. The lowest BCUT2D eigenvalue weighted by Gasteiger charge is -2.15. The van der Waals surface area contributed by atoms with Gasteiger partial charge in [0.15, 0.2) is 0 Å². The molecule has 100 valence electrons. The Kier molecular flexibility index (Phi) is 4.91. The molecule has 0 spiro atoms. The number of halogens is 3. The molecule has 4 heteroatoms. The summed E-state index contributed by atoms with van der Waals surface area (Å²) in [5, 5.41) is 1.43. The van der Waals surface area contributed by atoms with Gasteiger partial charge in [0.25, 0.3) is 0 Å². The van der Waals surface area contributed by atoms with Gasteiger partial charge < -0.3 is 5.73 Å². The minimum absolute atomic E-state index is 0.176. The maximum atomic E-state index is 6.24. The molecule has 2 aromatic rings. The summed E-state index contributed by atoms with van der Waals surface area (Å²) in [5.74, 6) is 0. The van der Waals surface area contributed by atoms with Crippen LogP contribution in [0.5, 0.6) is 0 Å². The standard InChI is InChI=1S/C15H14BrCl2N/c1-9-2-3-10(14(18)6-9)7-15(19)12-8-11(16)4-5-13(12)17/h2-6,8,15H,7,19H2,1H3. The lowest BCUT2D eigenvalue weighted by molar-refractivity contribution is 0.721. The number of hydrogen-bond donors (Lipinski definition) is 1. The van der Waals surface area contributed by atoms with Crippen LogP contribution in [0.25, 0.3) is 0 Å². The van der Waals surface area contributed by atoms with Crippen molar-refractivity contribution in [1.82, 2.24) is 0 Å². The molecule has 0 aliphatic rings. The Hall–Kier alpha value is -0.540. The predicted molar refractivity (Wildman–Crippen MR) is 86.0 cm³/mol. The molecule has 19 heavy (non-hydrogen) atoms. The molecule has 0 heterocycles. The molecule has 0 aliphatic carbocycles. The normalized spacial score (nSPS) is 12.5. The number of benzene rings is 2. The molecule has 1 atom stereocenters. The van der Waals surface area contributed by atoms with Gasteiger partial charge in [0.1, 0.15) is 0 Å². The average Bonchev–Trinajstić information content (AvgIpc) is 2.35. The average molecular weight is 359 g/mol. The van der Waals surface area contributed by atoms with Gasteiger partial charge in [-0.15, -0.1) is 0 Å². The van der Waals surface area contributed by atoms with E-state index in [0.29, 0.717) is 11.4 Å². The fourth-order valence-electron chi connectivity index (χ4n) is 1.96. The highest BCUT2D eigenvalue weighted by molar-refractivity contribution is 9.10. The Morgan fingerprint density at radius 1 is 1.11 bits per heavy atom. The van der Waals surface area contributed by atoms with E-state index in [1.807, 2.05) is 43.3 Å². The van der Waals surface area contributed by atoms with Crippen LogP contribution in [-0.4, -0.2) is 0 Å². The molecule has 0 saturated carbocycles. The Morgan fingerprint density at radius 3 is 2.53 bits per heavy atom. The summed E-state index contributed by atoms with van der Waals surface area (Å²) in [5.41, 5.74) is 9.34. The highest BCUT2D eigenvalue weighted by Crippen LogP contribution is 2.29. The third-order valence-electron chi connectivity index (χ3n) is 3.01. The quantitative estimate of drug-likeness (QED) is 0.790. The van der Waals surface area contributed by atoms with Crippen LogP contribution < -0.4 is 5.73 Å². The van der Waals surface area contributed by atoms with Gasteiger partial charge in [-0.3, -0.25) is 0 Å². The minimum atomic E-state index is -0.176. The smallest absolute Gasteiger partial charge is 0.0454 e. The van der Waals surface area contributed by atoms with Gasteiger partial charge in [-0.1, -0.05) is 51.3 Å². The van der Waals surface area contributed by atoms with Crippen LogP contribution in [0.2, 0.25) is 10.0 Å². The highest BCUT2D eigenvalue weighted by Gasteiger charge is 2.13. The van der Waals surface area contributed by atoms with Crippen molar-refractivity contribution in [3.8, 4) is 0 Å². The van der Waals surface area contributed by atoms with E-state index in [1.165, 1.54) is 0 Å². The fraction of sp³-hybridized carbons (Fsp3) is 0.200. The van der Waals surface area contributed by atoms with Gasteiger partial charge in [-0.2, -0.15) is 0 Å². The summed E-state index contributed by atoms with van der Waals surface area (Å²) < 4.78 is 0.970. The first kappa shape index (κ1) is 14.9. The zero-order valence-corrected chi connectivity index (χ0v) is 13.6. The third kappa shape index (κ3) is 3.73. The van der Waals surface area contributed by atoms with Crippen LogP contribution in [0.1, 0.15) is 22.7 Å². The van der Waals surface area contributed by atoms with E-state index in [0.717, 1.165) is 26.2 Å². The molecule has 2 aromatic carbocycles. The number of nitrogens with two attached hydrogens (primary N) is 1. The lowest BCUT2D eigenvalue weighted by atomic mass is 9.99. The van der Waals surface area contributed by atoms with Crippen molar-refractivity contribution < 1.29 is 0 Å². The molecule has 0 aromatic heterocycles. The maximum absolute atomic E-state index is 6.24. The zero-order chi connectivity index (χ0) is 14.0. The van der Waals surface area contributed by atoms with Crippen molar-refractivity contribution in [3.05, 3.63) is 67.6 Å². The summed E-state index contributed by atoms with van der Waals surface area (Å²) >= 11 is 15.9. The second-order valence-electron chi connectivity index (χ2n) is 4.57. The summed E-state index contributed by atoms with van der Waals surface area (Å²) in [6.45, 7) is 2.01. The monoisotopic (exact) mass is 357 g/mol. The van der Waals surface area contributed by atoms with Crippen LogP contribution in [-0.2, 0) is 6.42 Å². The highest BCUT2D eigenvalue weighted by atomic mass is 79.9. The van der Waals surface area contributed by atoms with E-state index in [2.05, 4.69) is 15.9 Å². The lowest BCUT2D eigenvalue weighted by Crippen LogP contribution is -2.14. The van der Waals surface area contributed by atoms with Gasteiger partial charge in [-0.05, 0) is 54.3 Å². The van der Waals surface area contributed by atoms with E-state index in [-0.39, 0.29) is 6.04 Å². The van der Waals surface area contributed by atoms with Gasteiger partial charge >= 0.3 is 0 Å². The molecule has 0 aliphatic heterocycles. The minimum Gasteiger partial charge on any atom is -0.324 e. The number of rotatable bonds is 3. The van der Waals surface area contributed by atoms with Crippen molar-refractivity contribution in [2.24, 2.45) is 5.73 Å². The Morgan fingerprint density at radius 2 is 1.84 bits per heavy atom. The second-order valence-corrected chi connectivity index (χ2v) is 6.30. The van der Waals surface area contributed by atoms with E-state index in [4.69, 9.17) is 28.9 Å². The molecule has 2 N–H and O–H groups in total. The Balaban J connectivity index is 2.25. The first-order chi connectivity index (χ1) is 8.97. The molecular weight excluding hydrogens is 345 g/mol. The van der Waals surface area contributed by atoms with Crippen molar-refractivity contribution in [2.45, 2.75) is 19.4 Å². The van der Waals surface area contributed by atoms with Crippen molar-refractivity contribution in [3.63, 3.8) is 0 Å². The van der Waals surface area contributed by atoms with Crippen molar-refractivity contribution in [1.29, 1.82) is 0 Å². The van der Waals surface area contributed by atoms with Crippen LogP contribution in [0.4, 0.5) is 0 Å². The van der Waals surface area contributed by atoms with E-state index in [9.17, 15) is 0 Å². The van der Waals surface area contributed by atoms with Gasteiger partial charge in [-0.25, -0.2) is 0 Å². The van der Waals surface area contributed by atoms with Crippen molar-refractivity contribution in [2.75, 3.05) is 0 Å². The molecule has 0 amide bonds. The van der Waals surface area contributed by atoms with Gasteiger partial charge in [0.05, 0.1) is 0 Å². The summed E-state index contributed by atoms with van der Waals surface area (Å²) in [4.78, 5) is 0. The molecule has 0 radical (unpaired) electrons. The predicted octanol–water partition coefficient (Wildman–Crippen LogP) is 5.31. The van der Waals surface area contributed by atoms with Crippen molar-refractivity contribution >= 4 is 39.1 Å². The molecule has 1 unspecified atom stereocenters. The molecule has 0 fully saturated rings. The Bertz CT molecular complexity index is 599.